The number of β-lactam (4-membered cyclic amide) rings is 1. The number of benzene rings is 2. The minimum absolute atomic E-state index is 0.0370. The molecule has 4 heterocycles. The lowest BCUT2D eigenvalue weighted by molar-refractivity contribution is -0.385. The summed E-state index contributed by atoms with van der Waals surface area (Å²) < 4.78 is 11.2. The highest BCUT2D eigenvalue weighted by Gasteiger charge is 2.61. The maximum Gasteiger partial charge on any atom is 0.410 e. The van der Waals surface area contributed by atoms with Gasteiger partial charge >= 0.3 is 12.1 Å². The molecule has 0 unspecified atom stereocenters. The molecule has 17 nitrogen and oxygen atoms in total. The van der Waals surface area contributed by atoms with E-state index in [0.717, 1.165) is 0 Å². The Morgan fingerprint density at radius 3 is 2.00 bits per heavy atom. The van der Waals surface area contributed by atoms with E-state index >= 15 is 0 Å². The molecule has 6 rings (SSSR count). The normalized spacial score (nSPS) is 24.5. The van der Waals surface area contributed by atoms with Crippen LogP contribution in [0.25, 0.3) is 0 Å². The highest BCUT2D eigenvalue weighted by Crippen LogP contribution is 2.52. The first-order valence-electron chi connectivity index (χ1n) is 17.1. The standard InChI is InChI=1S/C35H40N6O11S/c1-19-29-28(20(2)42)33(44)39(29)30(34(45)51-17-21-5-9-23(10-6-21)40(47)48)31(19)53-26-13-27(32(43)37-14-25(15-37)36(3)4)38(16-26)35(46)52-18-22-7-11-24(12-8-22)41(49)50/h5-12,19-20,25-29,42H,13-18H2,1-4H3/t19-,20-,26+,27+,28-,29-/m1/s1. The van der Waals surface area contributed by atoms with Crippen LogP contribution < -0.4 is 0 Å². The number of non-ortho nitro benzene ring substituents is 2. The summed E-state index contributed by atoms with van der Waals surface area (Å²) in [4.78, 5) is 82.5. The molecule has 6 atom stereocenters. The van der Waals surface area contributed by atoms with Gasteiger partial charge in [0.05, 0.1) is 27.9 Å². The lowest BCUT2D eigenvalue weighted by Gasteiger charge is -2.46. The topological polar surface area (TPSA) is 206 Å². The summed E-state index contributed by atoms with van der Waals surface area (Å²) in [6, 6.07) is 9.94. The molecule has 282 valence electrons. The van der Waals surface area contributed by atoms with Gasteiger partial charge in [0.15, 0.2) is 0 Å². The number of nitrogens with zero attached hydrogens (tertiary/aromatic N) is 6. The number of hydrogen-bond donors (Lipinski definition) is 1. The molecule has 3 fully saturated rings. The molecule has 0 radical (unpaired) electrons. The number of likely N-dealkylation sites (N-methyl/N-ethyl adjacent to an activating group) is 1. The zero-order valence-corrected chi connectivity index (χ0v) is 30.3. The van der Waals surface area contributed by atoms with Crippen molar-refractivity contribution in [3.05, 3.63) is 90.5 Å². The number of likely N-dealkylation sites (tertiary alicyclic amines) is 2. The first-order valence-corrected chi connectivity index (χ1v) is 18.0. The Hall–Kier alpha value is -5.07. The fraction of sp³-hybridized carbons (Fsp3) is 0.486. The summed E-state index contributed by atoms with van der Waals surface area (Å²) in [6.07, 6.45) is -1.47. The monoisotopic (exact) mass is 752 g/mol. The van der Waals surface area contributed by atoms with E-state index in [1.807, 2.05) is 25.9 Å². The quantitative estimate of drug-likeness (QED) is 0.143. The Morgan fingerprint density at radius 2 is 1.49 bits per heavy atom. The third-order valence-electron chi connectivity index (χ3n) is 10.3. The number of carbonyl (C=O) groups excluding carboxylic acids is 4. The van der Waals surface area contributed by atoms with E-state index in [4.69, 9.17) is 9.47 Å². The number of carbonyl (C=O) groups is 4. The number of nitro groups is 2. The second-order valence-corrected chi connectivity index (χ2v) is 15.3. The maximum atomic E-state index is 13.8. The lowest BCUT2D eigenvalue weighted by atomic mass is 9.79. The van der Waals surface area contributed by atoms with Gasteiger partial charge < -0.3 is 29.3 Å². The van der Waals surface area contributed by atoms with Gasteiger partial charge in [-0.25, -0.2) is 9.59 Å². The third-order valence-corrected chi connectivity index (χ3v) is 11.8. The van der Waals surface area contributed by atoms with Crippen LogP contribution in [-0.4, -0.2) is 122 Å². The van der Waals surface area contributed by atoms with Crippen molar-refractivity contribution in [2.75, 3.05) is 33.7 Å². The van der Waals surface area contributed by atoms with Crippen LogP contribution in [0.1, 0.15) is 31.4 Å². The molecular weight excluding hydrogens is 712 g/mol. The Kier molecular flexibility index (Phi) is 10.7. The molecule has 0 aromatic heterocycles. The first-order chi connectivity index (χ1) is 25.2. The number of ether oxygens (including phenoxy) is 2. The molecule has 2 aromatic rings. The molecular formula is C35H40N6O11S. The van der Waals surface area contributed by atoms with Crippen LogP contribution >= 0.6 is 11.8 Å². The highest BCUT2D eigenvalue weighted by atomic mass is 32.2. The van der Waals surface area contributed by atoms with Crippen molar-refractivity contribution in [2.45, 2.75) is 63.0 Å². The second-order valence-electron chi connectivity index (χ2n) is 13.9. The number of thioether (sulfide) groups is 1. The van der Waals surface area contributed by atoms with E-state index < -0.39 is 57.2 Å². The van der Waals surface area contributed by atoms with Gasteiger partial charge in [0, 0.05) is 66.0 Å². The number of amides is 3. The van der Waals surface area contributed by atoms with Crippen LogP contribution in [0.5, 0.6) is 0 Å². The second kappa shape index (κ2) is 15.1. The van der Waals surface area contributed by atoms with E-state index in [9.17, 15) is 44.5 Å². The number of fused-ring (bicyclic) bond motifs is 1. The number of nitro benzene ring substituents is 2. The molecule has 0 aliphatic carbocycles. The van der Waals surface area contributed by atoms with E-state index in [0.29, 0.717) is 29.1 Å². The van der Waals surface area contributed by atoms with Crippen molar-refractivity contribution in [1.82, 2.24) is 19.6 Å². The van der Waals surface area contributed by atoms with E-state index in [1.54, 1.807) is 4.90 Å². The van der Waals surface area contributed by atoms with E-state index in [1.165, 1.54) is 77.0 Å². The number of esters is 1. The number of hydrogen-bond acceptors (Lipinski definition) is 13. The molecule has 0 saturated carbocycles. The molecule has 4 aliphatic heterocycles. The van der Waals surface area contributed by atoms with Crippen molar-refractivity contribution >= 4 is 47.0 Å². The number of aliphatic hydroxyl groups excluding tert-OH is 1. The largest absolute Gasteiger partial charge is 0.456 e. The molecule has 3 saturated heterocycles. The highest BCUT2D eigenvalue weighted by molar-refractivity contribution is 8.03. The van der Waals surface area contributed by atoms with Crippen molar-refractivity contribution in [1.29, 1.82) is 0 Å². The summed E-state index contributed by atoms with van der Waals surface area (Å²) in [5.41, 5.74) is 0.841. The van der Waals surface area contributed by atoms with Crippen LogP contribution in [0.4, 0.5) is 16.2 Å². The minimum Gasteiger partial charge on any atom is -0.456 e. The third kappa shape index (κ3) is 7.43. The minimum atomic E-state index is -0.968. The van der Waals surface area contributed by atoms with Gasteiger partial charge in [-0.05, 0) is 62.8 Å². The van der Waals surface area contributed by atoms with Gasteiger partial charge in [-0.3, -0.25) is 34.7 Å². The van der Waals surface area contributed by atoms with Crippen LogP contribution in [-0.2, 0) is 37.1 Å². The van der Waals surface area contributed by atoms with Crippen molar-refractivity contribution in [3.8, 4) is 0 Å². The number of rotatable bonds is 12. The van der Waals surface area contributed by atoms with E-state index in [-0.39, 0.29) is 61.1 Å². The van der Waals surface area contributed by atoms with Gasteiger partial charge in [-0.15, -0.1) is 11.8 Å². The Balaban J connectivity index is 1.22. The fourth-order valence-electron chi connectivity index (χ4n) is 7.21. The predicted molar refractivity (Wildman–Crippen MR) is 189 cm³/mol. The molecule has 1 N–H and O–H groups in total. The molecule has 53 heavy (non-hydrogen) atoms. The zero-order chi connectivity index (χ0) is 38.3. The zero-order valence-electron chi connectivity index (χ0n) is 29.5. The van der Waals surface area contributed by atoms with Crippen LogP contribution in [0, 0.1) is 32.1 Å². The SMILES string of the molecule is C[C@@H](O)[C@H]1C(=O)N2C(C(=O)OCc3ccc([N+](=O)[O-])cc3)=C(S[C@H]3C[C@@H](C(=O)N4CC(N(C)C)C4)N(C(=O)OCc4ccc([N+](=O)[O-])cc4)C3)[C@H](C)[C@H]12. The molecule has 18 heteroatoms. The van der Waals surface area contributed by atoms with Gasteiger partial charge in [0.2, 0.25) is 11.8 Å². The summed E-state index contributed by atoms with van der Waals surface area (Å²) >= 11 is 1.29. The molecule has 3 amide bonds. The summed E-state index contributed by atoms with van der Waals surface area (Å²) in [5, 5.41) is 32.1. The first kappa shape index (κ1) is 37.7. The molecule has 0 spiro atoms. The average Bonchev–Trinajstić information content (AvgIpc) is 3.62. The van der Waals surface area contributed by atoms with Crippen molar-refractivity contribution in [3.63, 3.8) is 0 Å². The van der Waals surface area contributed by atoms with Crippen LogP contribution in [0.2, 0.25) is 0 Å². The van der Waals surface area contributed by atoms with Gasteiger partial charge in [-0.1, -0.05) is 6.92 Å². The summed E-state index contributed by atoms with van der Waals surface area (Å²) in [7, 11) is 3.86. The van der Waals surface area contributed by atoms with Gasteiger partial charge in [0.1, 0.15) is 25.0 Å². The summed E-state index contributed by atoms with van der Waals surface area (Å²) in [5.74, 6) is -2.55. The molecule has 4 aliphatic rings. The van der Waals surface area contributed by atoms with Gasteiger partial charge in [0.25, 0.3) is 11.4 Å². The predicted octanol–water partition coefficient (Wildman–Crippen LogP) is 2.90. The van der Waals surface area contributed by atoms with Crippen molar-refractivity contribution in [2.24, 2.45) is 11.8 Å². The lowest BCUT2D eigenvalue weighted by Crippen LogP contribution is -2.63. The summed E-state index contributed by atoms with van der Waals surface area (Å²) in [6.45, 7) is 4.08. The van der Waals surface area contributed by atoms with Crippen LogP contribution in [0.15, 0.2) is 59.1 Å². The Labute approximate surface area is 308 Å². The fourth-order valence-corrected chi connectivity index (χ4v) is 8.73. The van der Waals surface area contributed by atoms with E-state index in [2.05, 4.69) is 0 Å². The van der Waals surface area contributed by atoms with Crippen molar-refractivity contribution < 1.29 is 43.6 Å². The molecule has 0 bridgehead atoms. The smallest absolute Gasteiger partial charge is 0.410 e. The van der Waals surface area contributed by atoms with Gasteiger partial charge in [-0.2, -0.15) is 0 Å². The average molecular weight is 753 g/mol. The molecule has 2 aromatic carbocycles. The van der Waals surface area contributed by atoms with Crippen LogP contribution in [0.3, 0.4) is 0 Å². The Bertz CT molecular complexity index is 1830. The maximum absolute atomic E-state index is 13.8. The Morgan fingerprint density at radius 1 is 0.943 bits per heavy atom. The number of aliphatic hydroxyl groups is 1.